The number of fused-ring (bicyclic) bond motifs is 2. The Labute approximate surface area is 121 Å². The quantitative estimate of drug-likeness (QED) is 0.863. The molecule has 102 valence electrons. The van der Waals surface area contributed by atoms with Gasteiger partial charge in [0.05, 0.1) is 5.41 Å². The van der Waals surface area contributed by atoms with Crippen LogP contribution in [0.3, 0.4) is 0 Å². The minimum atomic E-state index is -0.475. The van der Waals surface area contributed by atoms with Crippen molar-refractivity contribution in [3.63, 3.8) is 0 Å². The molecule has 0 bridgehead atoms. The third-order valence-corrected chi connectivity index (χ3v) is 4.84. The number of furan rings is 1. The van der Waals surface area contributed by atoms with E-state index in [9.17, 15) is 4.79 Å². The zero-order chi connectivity index (χ0) is 14.1. The number of hydrogen-bond acceptors (Lipinski definition) is 2. The molecular formula is C16H14ClNO2. The lowest BCUT2D eigenvalue weighted by Crippen LogP contribution is -2.20. The molecule has 1 aromatic heterocycles. The van der Waals surface area contributed by atoms with Crippen molar-refractivity contribution in [2.75, 3.05) is 5.32 Å². The van der Waals surface area contributed by atoms with E-state index in [1.165, 1.54) is 0 Å². The fourth-order valence-corrected chi connectivity index (χ4v) is 3.45. The normalized spacial score (nSPS) is 26.8. The molecule has 1 aliphatic carbocycles. The number of benzene rings is 1. The van der Waals surface area contributed by atoms with E-state index in [1.54, 1.807) is 6.07 Å². The van der Waals surface area contributed by atoms with E-state index in [2.05, 4.69) is 5.32 Å². The van der Waals surface area contributed by atoms with Gasteiger partial charge in [0.1, 0.15) is 11.5 Å². The average Bonchev–Trinajstić information content (AvgIpc) is 2.99. The van der Waals surface area contributed by atoms with Gasteiger partial charge in [0, 0.05) is 16.6 Å². The minimum Gasteiger partial charge on any atom is -0.466 e. The Morgan fingerprint density at radius 1 is 1.35 bits per heavy atom. The van der Waals surface area contributed by atoms with E-state index in [4.69, 9.17) is 16.0 Å². The molecule has 1 amide bonds. The van der Waals surface area contributed by atoms with Crippen molar-refractivity contribution in [3.8, 4) is 0 Å². The molecule has 1 aromatic carbocycles. The summed E-state index contributed by atoms with van der Waals surface area (Å²) in [7, 11) is 0. The summed E-state index contributed by atoms with van der Waals surface area (Å²) >= 11 is 6.09. The summed E-state index contributed by atoms with van der Waals surface area (Å²) in [5, 5.41) is 3.62. The Bertz CT molecular complexity index is 729. The fourth-order valence-electron chi connectivity index (χ4n) is 3.28. The summed E-state index contributed by atoms with van der Waals surface area (Å²) in [5.74, 6) is 2.01. The zero-order valence-electron chi connectivity index (χ0n) is 11.3. The zero-order valence-corrected chi connectivity index (χ0v) is 12.0. The molecular weight excluding hydrogens is 274 g/mol. The highest BCUT2D eigenvalue weighted by molar-refractivity contribution is 6.31. The van der Waals surface area contributed by atoms with Gasteiger partial charge in [0.25, 0.3) is 0 Å². The number of carbonyl (C=O) groups excluding carboxylic acids is 1. The summed E-state index contributed by atoms with van der Waals surface area (Å²) in [5.41, 5.74) is 2.54. The van der Waals surface area contributed by atoms with E-state index < -0.39 is 5.41 Å². The van der Waals surface area contributed by atoms with Crippen LogP contribution in [0, 0.1) is 13.8 Å². The molecule has 1 aliphatic heterocycles. The van der Waals surface area contributed by atoms with Crippen LogP contribution in [-0.4, -0.2) is 5.91 Å². The van der Waals surface area contributed by atoms with Crippen molar-refractivity contribution >= 4 is 23.2 Å². The van der Waals surface area contributed by atoms with Crippen molar-refractivity contribution in [2.24, 2.45) is 0 Å². The van der Waals surface area contributed by atoms with Crippen LogP contribution in [-0.2, 0) is 10.2 Å². The lowest BCUT2D eigenvalue weighted by Gasteiger charge is -2.07. The maximum Gasteiger partial charge on any atom is 0.235 e. The standard InChI is InChI=1S/C16H14ClNO2/c1-8-5-14(20-9(8)2)12-7-16(12)11-6-10(17)3-4-13(11)18-15(16)19/h3-6,12H,7H2,1-2H3,(H,18,19)/t12-,16-/m1/s1. The van der Waals surface area contributed by atoms with Crippen LogP contribution < -0.4 is 5.32 Å². The Kier molecular flexibility index (Phi) is 2.21. The number of rotatable bonds is 1. The third kappa shape index (κ3) is 1.39. The predicted molar refractivity (Wildman–Crippen MR) is 77.3 cm³/mol. The molecule has 2 heterocycles. The first kappa shape index (κ1) is 12.0. The minimum absolute atomic E-state index is 0.0615. The van der Waals surface area contributed by atoms with Crippen molar-refractivity contribution < 1.29 is 9.21 Å². The molecule has 1 saturated carbocycles. The number of amides is 1. The van der Waals surface area contributed by atoms with Crippen molar-refractivity contribution in [1.82, 2.24) is 0 Å². The van der Waals surface area contributed by atoms with E-state index in [0.29, 0.717) is 5.02 Å². The smallest absolute Gasteiger partial charge is 0.235 e. The third-order valence-electron chi connectivity index (χ3n) is 4.60. The molecule has 2 aliphatic rings. The largest absolute Gasteiger partial charge is 0.466 e. The van der Waals surface area contributed by atoms with Crippen LogP contribution >= 0.6 is 11.6 Å². The number of nitrogens with one attached hydrogen (secondary N) is 1. The molecule has 0 radical (unpaired) electrons. The summed E-state index contributed by atoms with van der Waals surface area (Å²) in [6.45, 7) is 3.98. The van der Waals surface area contributed by atoms with Gasteiger partial charge in [-0.2, -0.15) is 0 Å². The lowest BCUT2D eigenvalue weighted by molar-refractivity contribution is -0.118. The van der Waals surface area contributed by atoms with E-state index >= 15 is 0 Å². The molecule has 3 nitrogen and oxygen atoms in total. The summed E-state index contributed by atoms with van der Waals surface area (Å²) in [6, 6.07) is 7.62. The first-order valence-corrected chi connectivity index (χ1v) is 7.08. The van der Waals surface area contributed by atoms with Crippen LogP contribution in [0.25, 0.3) is 0 Å². The fraction of sp³-hybridized carbons (Fsp3) is 0.312. The van der Waals surface area contributed by atoms with Gasteiger partial charge in [-0.25, -0.2) is 0 Å². The summed E-state index contributed by atoms with van der Waals surface area (Å²) < 4.78 is 5.81. The second-order valence-electron chi connectivity index (χ2n) is 5.76. The van der Waals surface area contributed by atoms with Gasteiger partial charge in [0.15, 0.2) is 0 Å². The van der Waals surface area contributed by atoms with Crippen molar-refractivity contribution in [1.29, 1.82) is 0 Å². The highest BCUT2D eigenvalue weighted by atomic mass is 35.5. The molecule has 0 unspecified atom stereocenters. The van der Waals surface area contributed by atoms with E-state index in [-0.39, 0.29) is 11.8 Å². The molecule has 1 spiro atoms. The number of carbonyl (C=O) groups is 1. The highest BCUT2D eigenvalue weighted by Crippen LogP contribution is 2.65. The molecule has 2 atom stereocenters. The lowest BCUT2D eigenvalue weighted by atomic mass is 9.94. The second-order valence-corrected chi connectivity index (χ2v) is 6.20. The molecule has 20 heavy (non-hydrogen) atoms. The van der Waals surface area contributed by atoms with Crippen molar-refractivity contribution in [3.05, 3.63) is 51.9 Å². The monoisotopic (exact) mass is 287 g/mol. The van der Waals surface area contributed by atoms with Gasteiger partial charge in [0.2, 0.25) is 5.91 Å². The Hall–Kier alpha value is -1.74. The SMILES string of the molecule is Cc1cc([C@H]2C[C@]23C(=O)Nc2ccc(Cl)cc23)oc1C. The Morgan fingerprint density at radius 3 is 2.85 bits per heavy atom. The van der Waals surface area contributed by atoms with Gasteiger partial charge in [-0.3, -0.25) is 4.79 Å². The molecule has 4 rings (SSSR count). The van der Waals surface area contributed by atoms with Crippen LogP contribution in [0.1, 0.15) is 35.0 Å². The van der Waals surface area contributed by atoms with Crippen LogP contribution in [0.15, 0.2) is 28.7 Å². The van der Waals surface area contributed by atoms with E-state index in [0.717, 1.165) is 34.8 Å². The first-order valence-electron chi connectivity index (χ1n) is 6.71. The molecule has 0 saturated heterocycles. The second kappa shape index (κ2) is 3.67. The predicted octanol–water partition coefficient (Wildman–Crippen LogP) is 3.93. The molecule has 1 N–H and O–H groups in total. The van der Waals surface area contributed by atoms with Gasteiger partial charge in [-0.1, -0.05) is 11.6 Å². The van der Waals surface area contributed by atoms with Gasteiger partial charge >= 0.3 is 0 Å². The number of halogens is 1. The highest BCUT2D eigenvalue weighted by Gasteiger charge is 2.66. The van der Waals surface area contributed by atoms with Crippen LogP contribution in [0.2, 0.25) is 5.02 Å². The number of hydrogen-bond donors (Lipinski definition) is 1. The summed E-state index contributed by atoms with van der Waals surface area (Å²) in [6.07, 6.45) is 0.790. The maximum atomic E-state index is 12.4. The van der Waals surface area contributed by atoms with E-state index in [1.807, 2.05) is 32.0 Å². The topological polar surface area (TPSA) is 42.2 Å². The summed E-state index contributed by atoms with van der Waals surface area (Å²) in [4.78, 5) is 12.4. The number of aryl methyl sites for hydroxylation is 2. The maximum absolute atomic E-state index is 12.4. The first-order chi connectivity index (χ1) is 9.52. The van der Waals surface area contributed by atoms with Crippen LogP contribution in [0.5, 0.6) is 0 Å². The average molecular weight is 288 g/mol. The Balaban J connectivity index is 1.81. The van der Waals surface area contributed by atoms with Gasteiger partial charge in [-0.15, -0.1) is 0 Å². The van der Waals surface area contributed by atoms with Crippen molar-refractivity contribution in [2.45, 2.75) is 31.6 Å². The molecule has 1 fully saturated rings. The molecule has 4 heteroatoms. The molecule has 2 aromatic rings. The Morgan fingerprint density at radius 2 is 2.15 bits per heavy atom. The van der Waals surface area contributed by atoms with Gasteiger partial charge in [-0.05, 0) is 55.7 Å². The number of anilines is 1. The van der Waals surface area contributed by atoms with Gasteiger partial charge < -0.3 is 9.73 Å². The van der Waals surface area contributed by atoms with Crippen LogP contribution in [0.4, 0.5) is 5.69 Å².